The van der Waals surface area contributed by atoms with E-state index in [-0.39, 0.29) is 0 Å². The van der Waals surface area contributed by atoms with Crippen molar-refractivity contribution in [3.05, 3.63) is 23.7 Å². The molecule has 0 bridgehead atoms. The molecule has 0 aromatic carbocycles. The van der Waals surface area contributed by atoms with Crippen molar-refractivity contribution in [1.29, 1.82) is 0 Å². The van der Waals surface area contributed by atoms with Gasteiger partial charge in [-0.3, -0.25) is 0 Å². The summed E-state index contributed by atoms with van der Waals surface area (Å²) in [5.74, 6) is 1.66. The highest BCUT2D eigenvalue weighted by Gasteiger charge is 2.09. The van der Waals surface area contributed by atoms with Crippen molar-refractivity contribution in [1.82, 2.24) is 5.32 Å². The van der Waals surface area contributed by atoms with E-state index in [0.717, 1.165) is 31.9 Å². The molecule has 0 amide bonds. The third kappa shape index (κ3) is 6.58. The fraction of sp³-hybridized carbons (Fsp3) is 0.765. The van der Waals surface area contributed by atoms with Crippen LogP contribution in [0.4, 0.5) is 0 Å². The molecule has 0 saturated heterocycles. The van der Waals surface area contributed by atoms with Crippen molar-refractivity contribution in [2.45, 2.75) is 66.0 Å². The lowest BCUT2D eigenvalue weighted by molar-refractivity contribution is 0.0703. The first kappa shape index (κ1) is 17.3. The highest BCUT2D eigenvalue weighted by Crippen LogP contribution is 2.16. The Hall–Kier alpha value is -0.800. The second kappa shape index (κ2) is 10.9. The molecule has 1 aromatic heterocycles. The van der Waals surface area contributed by atoms with E-state index < -0.39 is 0 Å². The lowest BCUT2D eigenvalue weighted by atomic mass is 10.0. The molecule has 1 N–H and O–H groups in total. The van der Waals surface area contributed by atoms with Gasteiger partial charge in [-0.25, -0.2) is 0 Å². The molecule has 0 aliphatic carbocycles. The third-order valence-corrected chi connectivity index (χ3v) is 3.71. The molecule has 1 rings (SSSR count). The summed E-state index contributed by atoms with van der Waals surface area (Å²) in [5, 5.41) is 3.40. The summed E-state index contributed by atoms with van der Waals surface area (Å²) in [6.45, 7) is 10.0. The monoisotopic (exact) mass is 281 g/mol. The average Bonchev–Trinajstić information content (AvgIpc) is 2.90. The van der Waals surface area contributed by atoms with Crippen LogP contribution in [0.1, 0.15) is 64.2 Å². The predicted molar refractivity (Wildman–Crippen MR) is 83.7 cm³/mol. The number of unbranched alkanes of at least 4 members (excludes halogenated alkanes) is 1. The molecule has 0 spiro atoms. The molecule has 1 heterocycles. The molecule has 1 atom stereocenters. The third-order valence-electron chi connectivity index (χ3n) is 3.71. The SMILES string of the molecule is CCCCC(CC)COCc1occc1CNCCC. The van der Waals surface area contributed by atoms with Gasteiger partial charge in [0, 0.05) is 18.7 Å². The summed E-state index contributed by atoms with van der Waals surface area (Å²) < 4.78 is 11.4. The summed E-state index contributed by atoms with van der Waals surface area (Å²) in [4.78, 5) is 0. The predicted octanol–water partition coefficient (Wildman–Crippen LogP) is 4.51. The standard InChI is InChI=1S/C17H31NO2/c1-4-7-8-15(6-3)13-19-14-17-16(9-11-20-17)12-18-10-5-2/h9,11,15,18H,4-8,10,12-14H2,1-3H3. The van der Waals surface area contributed by atoms with E-state index in [2.05, 4.69) is 26.1 Å². The lowest BCUT2D eigenvalue weighted by Gasteiger charge is -2.14. The van der Waals surface area contributed by atoms with Crippen molar-refractivity contribution >= 4 is 0 Å². The Kier molecular flexibility index (Phi) is 9.42. The number of nitrogens with one attached hydrogen (secondary N) is 1. The van der Waals surface area contributed by atoms with Crippen LogP contribution in [0.15, 0.2) is 16.7 Å². The molecule has 20 heavy (non-hydrogen) atoms. The zero-order valence-electron chi connectivity index (χ0n) is 13.4. The van der Waals surface area contributed by atoms with E-state index in [9.17, 15) is 0 Å². The minimum atomic E-state index is 0.596. The van der Waals surface area contributed by atoms with Gasteiger partial charge in [0.05, 0.1) is 6.26 Å². The van der Waals surface area contributed by atoms with Crippen molar-refractivity contribution in [2.75, 3.05) is 13.2 Å². The molecule has 0 saturated carbocycles. The maximum absolute atomic E-state index is 5.85. The lowest BCUT2D eigenvalue weighted by Crippen LogP contribution is -2.15. The zero-order valence-corrected chi connectivity index (χ0v) is 13.4. The molecular weight excluding hydrogens is 250 g/mol. The van der Waals surface area contributed by atoms with Gasteiger partial charge in [-0.2, -0.15) is 0 Å². The first-order valence-corrected chi connectivity index (χ1v) is 8.15. The molecule has 0 fully saturated rings. The largest absolute Gasteiger partial charge is 0.467 e. The highest BCUT2D eigenvalue weighted by atomic mass is 16.5. The molecule has 3 nitrogen and oxygen atoms in total. The number of hydrogen-bond acceptors (Lipinski definition) is 3. The molecule has 1 aromatic rings. The Labute approximate surface area is 124 Å². The Morgan fingerprint density at radius 2 is 2.10 bits per heavy atom. The molecule has 0 radical (unpaired) electrons. The van der Waals surface area contributed by atoms with Gasteiger partial charge in [-0.15, -0.1) is 0 Å². The van der Waals surface area contributed by atoms with Gasteiger partial charge in [0.25, 0.3) is 0 Å². The van der Waals surface area contributed by atoms with Crippen LogP contribution in [-0.4, -0.2) is 13.2 Å². The average molecular weight is 281 g/mol. The van der Waals surface area contributed by atoms with Crippen LogP contribution in [-0.2, 0) is 17.9 Å². The van der Waals surface area contributed by atoms with Crippen LogP contribution in [0.25, 0.3) is 0 Å². The van der Waals surface area contributed by atoms with E-state index in [4.69, 9.17) is 9.15 Å². The van der Waals surface area contributed by atoms with E-state index in [1.54, 1.807) is 6.26 Å². The fourth-order valence-electron chi connectivity index (χ4n) is 2.27. The van der Waals surface area contributed by atoms with Gasteiger partial charge in [-0.05, 0) is 31.4 Å². The fourth-order valence-corrected chi connectivity index (χ4v) is 2.27. The molecule has 3 heteroatoms. The topological polar surface area (TPSA) is 34.4 Å². The van der Waals surface area contributed by atoms with Gasteiger partial charge in [0.15, 0.2) is 0 Å². The Morgan fingerprint density at radius 3 is 2.80 bits per heavy atom. The molecule has 1 unspecified atom stereocenters. The summed E-state index contributed by atoms with van der Waals surface area (Å²) in [6.07, 6.45) is 7.95. The highest BCUT2D eigenvalue weighted by molar-refractivity contribution is 5.16. The summed E-state index contributed by atoms with van der Waals surface area (Å²) in [5.41, 5.74) is 1.22. The van der Waals surface area contributed by atoms with E-state index in [1.807, 2.05) is 6.07 Å². The van der Waals surface area contributed by atoms with E-state index >= 15 is 0 Å². The Balaban J connectivity index is 2.28. The van der Waals surface area contributed by atoms with Gasteiger partial charge in [0.1, 0.15) is 12.4 Å². The summed E-state index contributed by atoms with van der Waals surface area (Å²) in [7, 11) is 0. The molecule has 116 valence electrons. The van der Waals surface area contributed by atoms with Crippen LogP contribution in [0, 0.1) is 5.92 Å². The Bertz CT molecular complexity index is 335. The van der Waals surface area contributed by atoms with E-state index in [1.165, 1.54) is 31.2 Å². The van der Waals surface area contributed by atoms with Crippen LogP contribution < -0.4 is 5.32 Å². The minimum absolute atomic E-state index is 0.596. The molecule has 0 aliphatic rings. The van der Waals surface area contributed by atoms with Gasteiger partial charge >= 0.3 is 0 Å². The van der Waals surface area contributed by atoms with Crippen LogP contribution in [0.2, 0.25) is 0 Å². The summed E-state index contributed by atoms with van der Waals surface area (Å²) in [6, 6.07) is 2.04. The van der Waals surface area contributed by atoms with Crippen molar-refractivity contribution < 1.29 is 9.15 Å². The second-order valence-corrected chi connectivity index (χ2v) is 5.48. The zero-order chi connectivity index (χ0) is 14.6. The first-order valence-electron chi connectivity index (χ1n) is 8.15. The van der Waals surface area contributed by atoms with Crippen molar-refractivity contribution in [3.8, 4) is 0 Å². The van der Waals surface area contributed by atoms with E-state index in [0.29, 0.717) is 12.5 Å². The normalized spacial score (nSPS) is 12.8. The maximum atomic E-state index is 5.85. The maximum Gasteiger partial charge on any atom is 0.133 e. The minimum Gasteiger partial charge on any atom is -0.467 e. The Morgan fingerprint density at radius 1 is 1.25 bits per heavy atom. The van der Waals surface area contributed by atoms with Gasteiger partial charge < -0.3 is 14.5 Å². The van der Waals surface area contributed by atoms with Crippen molar-refractivity contribution in [3.63, 3.8) is 0 Å². The number of ether oxygens (including phenoxy) is 1. The van der Waals surface area contributed by atoms with Crippen molar-refractivity contribution in [2.24, 2.45) is 5.92 Å². The van der Waals surface area contributed by atoms with Crippen LogP contribution >= 0.6 is 0 Å². The molecule has 0 aliphatic heterocycles. The quantitative estimate of drug-likeness (QED) is 0.572. The number of rotatable bonds is 12. The van der Waals surface area contributed by atoms with Gasteiger partial charge in [0.2, 0.25) is 0 Å². The second-order valence-electron chi connectivity index (χ2n) is 5.48. The number of hydrogen-bond donors (Lipinski definition) is 1. The van der Waals surface area contributed by atoms with Gasteiger partial charge in [-0.1, -0.05) is 40.0 Å². The smallest absolute Gasteiger partial charge is 0.133 e. The van der Waals surface area contributed by atoms with Crippen LogP contribution in [0.3, 0.4) is 0 Å². The molecular formula is C17H31NO2. The van der Waals surface area contributed by atoms with Crippen LogP contribution in [0.5, 0.6) is 0 Å². The number of furan rings is 1. The summed E-state index contributed by atoms with van der Waals surface area (Å²) >= 11 is 0. The first-order chi connectivity index (χ1) is 9.81.